The smallest absolute Gasteiger partial charge is 0.245 e. The molecule has 0 unspecified atom stereocenters. The van der Waals surface area contributed by atoms with Gasteiger partial charge in [-0.3, -0.25) is 4.79 Å². The molecular weight excluding hydrogens is 508 g/mol. The molecule has 5 rings (SSSR count). The Bertz CT molecular complexity index is 1370. The van der Waals surface area contributed by atoms with Crippen molar-refractivity contribution in [3.8, 4) is 0 Å². The first kappa shape index (κ1) is 26.0. The Morgan fingerprint density at radius 1 is 1.11 bits per heavy atom. The van der Waals surface area contributed by atoms with Crippen molar-refractivity contribution in [1.29, 1.82) is 0 Å². The van der Waals surface area contributed by atoms with E-state index < -0.39 is 10.0 Å². The zero-order valence-electron chi connectivity index (χ0n) is 21.6. The number of carbonyl (C=O) groups is 1. The molecule has 0 aromatic carbocycles. The van der Waals surface area contributed by atoms with Crippen LogP contribution in [-0.2, 0) is 21.4 Å². The monoisotopic (exact) mass is 540 g/mol. The standard InChI is InChI=1S/C25H32N8O4S/c1-18-14-22(26-9-6-24(34)32-10-12-33(13-11-32)25-27-7-3-8-28-25)29-16-21(18)38(35,36)31(2)17-23-30-15-20(37-23)19-4-5-19/h3,7-8,14-16,19H,4-6,9-13,17H2,1-2H3,(H,26,29). The van der Waals surface area contributed by atoms with E-state index in [2.05, 4.69) is 30.2 Å². The number of pyridine rings is 1. The van der Waals surface area contributed by atoms with Crippen LogP contribution in [0.3, 0.4) is 0 Å². The van der Waals surface area contributed by atoms with Crippen LogP contribution in [0.2, 0.25) is 0 Å². The molecule has 1 saturated carbocycles. The van der Waals surface area contributed by atoms with Crippen LogP contribution in [0.4, 0.5) is 11.8 Å². The third kappa shape index (κ3) is 5.94. The number of oxazole rings is 1. The largest absolute Gasteiger partial charge is 0.444 e. The van der Waals surface area contributed by atoms with Crippen LogP contribution in [0.15, 0.2) is 46.2 Å². The van der Waals surface area contributed by atoms with E-state index in [0.717, 1.165) is 18.6 Å². The van der Waals surface area contributed by atoms with Crippen molar-refractivity contribution < 1.29 is 17.6 Å². The number of rotatable bonds is 10. The highest BCUT2D eigenvalue weighted by Gasteiger charge is 2.29. The molecule has 3 aromatic heterocycles. The van der Waals surface area contributed by atoms with Gasteiger partial charge in [-0.15, -0.1) is 0 Å². The van der Waals surface area contributed by atoms with E-state index in [1.54, 1.807) is 37.6 Å². The molecule has 0 atom stereocenters. The summed E-state index contributed by atoms with van der Waals surface area (Å²) in [5.74, 6) is 2.87. The van der Waals surface area contributed by atoms with Crippen molar-refractivity contribution in [3.63, 3.8) is 0 Å². The quantitative estimate of drug-likeness (QED) is 0.406. The van der Waals surface area contributed by atoms with Crippen LogP contribution in [-0.4, -0.2) is 83.2 Å². The van der Waals surface area contributed by atoms with Gasteiger partial charge in [0.2, 0.25) is 27.8 Å². The van der Waals surface area contributed by atoms with Gasteiger partial charge in [0.25, 0.3) is 0 Å². The lowest BCUT2D eigenvalue weighted by atomic mass is 10.2. The highest BCUT2D eigenvalue weighted by atomic mass is 32.2. The number of hydrogen-bond acceptors (Lipinski definition) is 10. The number of amides is 1. The Morgan fingerprint density at radius 2 is 1.84 bits per heavy atom. The fourth-order valence-electron chi connectivity index (χ4n) is 4.37. The summed E-state index contributed by atoms with van der Waals surface area (Å²) in [5, 5.41) is 3.13. The zero-order valence-corrected chi connectivity index (χ0v) is 22.4. The Morgan fingerprint density at radius 3 is 2.53 bits per heavy atom. The van der Waals surface area contributed by atoms with Gasteiger partial charge in [-0.25, -0.2) is 28.4 Å². The van der Waals surface area contributed by atoms with Crippen LogP contribution in [0.5, 0.6) is 0 Å². The van der Waals surface area contributed by atoms with Crippen molar-refractivity contribution in [1.82, 2.24) is 29.1 Å². The lowest BCUT2D eigenvalue weighted by molar-refractivity contribution is -0.131. The molecular formula is C25H32N8O4S. The highest BCUT2D eigenvalue weighted by molar-refractivity contribution is 7.89. The van der Waals surface area contributed by atoms with E-state index in [1.807, 2.05) is 4.90 Å². The average Bonchev–Trinajstić information content (AvgIpc) is 3.67. The predicted octanol–water partition coefficient (Wildman–Crippen LogP) is 2.02. The maximum atomic E-state index is 13.1. The van der Waals surface area contributed by atoms with E-state index in [1.165, 1.54) is 17.5 Å². The molecule has 0 spiro atoms. The van der Waals surface area contributed by atoms with Gasteiger partial charge >= 0.3 is 0 Å². The number of sulfonamides is 1. The van der Waals surface area contributed by atoms with Gasteiger partial charge in [0.1, 0.15) is 16.5 Å². The summed E-state index contributed by atoms with van der Waals surface area (Å²) >= 11 is 0. The van der Waals surface area contributed by atoms with Crippen LogP contribution in [0.1, 0.15) is 42.4 Å². The second kappa shape index (κ2) is 11.0. The molecule has 1 aliphatic carbocycles. The Kier molecular flexibility index (Phi) is 7.56. The summed E-state index contributed by atoms with van der Waals surface area (Å²) in [6.07, 6.45) is 8.94. The molecule has 0 bridgehead atoms. The molecule has 2 aliphatic rings. The maximum Gasteiger partial charge on any atom is 0.245 e. The Labute approximate surface area is 222 Å². The lowest BCUT2D eigenvalue weighted by Crippen LogP contribution is -2.49. The minimum Gasteiger partial charge on any atom is -0.444 e. The lowest BCUT2D eigenvalue weighted by Gasteiger charge is -2.34. The van der Waals surface area contributed by atoms with Gasteiger partial charge in [-0.05, 0) is 37.5 Å². The first-order valence-corrected chi connectivity index (χ1v) is 14.2. The second-order valence-corrected chi connectivity index (χ2v) is 11.6. The van der Waals surface area contributed by atoms with Gasteiger partial charge < -0.3 is 19.5 Å². The van der Waals surface area contributed by atoms with E-state index in [-0.39, 0.29) is 17.3 Å². The molecule has 1 saturated heterocycles. The maximum absolute atomic E-state index is 13.1. The minimum absolute atomic E-state index is 0.0449. The number of nitrogens with one attached hydrogen (secondary N) is 1. The predicted molar refractivity (Wildman–Crippen MR) is 140 cm³/mol. The van der Waals surface area contributed by atoms with Crippen LogP contribution >= 0.6 is 0 Å². The Hall–Kier alpha value is -3.58. The highest BCUT2D eigenvalue weighted by Crippen LogP contribution is 2.40. The molecule has 12 nitrogen and oxygen atoms in total. The van der Waals surface area contributed by atoms with E-state index in [4.69, 9.17) is 4.42 Å². The van der Waals surface area contributed by atoms with Crippen LogP contribution < -0.4 is 10.2 Å². The molecule has 3 aromatic rings. The zero-order chi connectivity index (χ0) is 26.7. The third-order valence-electron chi connectivity index (χ3n) is 6.77. The fourth-order valence-corrected chi connectivity index (χ4v) is 5.64. The van der Waals surface area contributed by atoms with E-state index in [0.29, 0.717) is 68.3 Å². The normalized spacial score (nSPS) is 16.2. The molecule has 1 aliphatic heterocycles. The number of aryl methyl sites for hydroxylation is 1. The third-order valence-corrected chi connectivity index (χ3v) is 8.71. The molecule has 2 fully saturated rings. The summed E-state index contributed by atoms with van der Waals surface area (Å²) in [6, 6.07) is 3.46. The fraction of sp³-hybridized carbons (Fsp3) is 0.480. The van der Waals surface area contributed by atoms with Crippen LogP contribution in [0.25, 0.3) is 0 Å². The van der Waals surface area contributed by atoms with Gasteiger partial charge in [-0.2, -0.15) is 4.31 Å². The van der Waals surface area contributed by atoms with Gasteiger partial charge in [-0.1, -0.05) is 0 Å². The van der Waals surface area contributed by atoms with Crippen molar-refractivity contribution in [2.24, 2.45) is 0 Å². The topological polar surface area (TPSA) is 138 Å². The number of carbonyl (C=O) groups excluding carboxylic acids is 1. The first-order valence-electron chi connectivity index (χ1n) is 12.7. The molecule has 4 heterocycles. The SMILES string of the molecule is Cc1cc(NCCC(=O)N2CCN(c3ncccn3)CC2)ncc1S(=O)(=O)N(C)Cc1ncc(C2CC2)o1. The van der Waals surface area contributed by atoms with E-state index >= 15 is 0 Å². The van der Waals surface area contributed by atoms with Gasteiger partial charge in [0.15, 0.2) is 0 Å². The summed E-state index contributed by atoms with van der Waals surface area (Å²) in [4.78, 5) is 33.7. The second-order valence-electron chi connectivity index (χ2n) is 9.62. The molecule has 1 N–H and O–H groups in total. The van der Waals surface area contributed by atoms with Crippen molar-refractivity contribution >= 4 is 27.7 Å². The molecule has 13 heteroatoms. The minimum atomic E-state index is -3.78. The molecule has 202 valence electrons. The molecule has 38 heavy (non-hydrogen) atoms. The number of nitrogens with zero attached hydrogens (tertiary/aromatic N) is 7. The summed E-state index contributed by atoms with van der Waals surface area (Å²) in [7, 11) is -2.28. The summed E-state index contributed by atoms with van der Waals surface area (Å²) in [5.41, 5.74) is 0.561. The number of aromatic nitrogens is 4. The summed E-state index contributed by atoms with van der Waals surface area (Å²) < 4.78 is 33.2. The first-order chi connectivity index (χ1) is 18.3. The van der Waals surface area contributed by atoms with Crippen LogP contribution in [0, 0.1) is 6.92 Å². The number of piperazine rings is 1. The van der Waals surface area contributed by atoms with Crippen molar-refractivity contribution in [3.05, 3.63) is 54.1 Å². The Balaban J connectivity index is 1.10. The number of hydrogen-bond donors (Lipinski definition) is 1. The van der Waals surface area contributed by atoms with Crippen molar-refractivity contribution in [2.45, 2.75) is 43.5 Å². The summed E-state index contributed by atoms with van der Waals surface area (Å²) in [6.45, 7) is 4.77. The van der Waals surface area contributed by atoms with Gasteiger partial charge in [0, 0.05) is 70.7 Å². The molecule has 0 radical (unpaired) electrons. The average molecular weight is 541 g/mol. The van der Waals surface area contributed by atoms with E-state index in [9.17, 15) is 13.2 Å². The van der Waals surface area contributed by atoms with Gasteiger partial charge in [0.05, 0.1) is 12.7 Å². The number of anilines is 2. The van der Waals surface area contributed by atoms with Crippen molar-refractivity contribution in [2.75, 3.05) is 50.0 Å². The molecule has 1 amide bonds.